The third-order valence-corrected chi connectivity index (χ3v) is 6.33. The summed E-state index contributed by atoms with van der Waals surface area (Å²) in [6, 6.07) is 2.08. The van der Waals surface area contributed by atoms with Crippen LogP contribution in [0.15, 0.2) is 21.7 Å². The van der Waals surface area contributed by atoms with E-state index in [-0.39, 0.29) is 10.8 Å². The van der Waals surface area contributed by atoms with Crippen LogP contribution in [0.5, 0.6) is 0 Å². The van der Waals surface area contributed by atoms with Gasteiger partial charge in [-0.05, 0) is 31.2 Å². The van der Waals surface area contributed by atoms with Crippen molar-refractivity contribution in [2.24, 2.45) is 5.41 Å². The number of thiophene rings is 1. The molecule has 1 aliphatic rings. The average molecular weight is 332 g/mol. The van der Waals surface area contributed by atoms with Gasteiger partial charge in [0.15, 0.2) is 0 Å². The highest BCUT2D eigenvalue weighted by Crippen LogP contribution is 2.45. The summed E-state index contributed by atoms with van der Waals surface area (Å²) in [7, 11) is -3.72. The Labute approximate surface area is 126 Å². The third kappa shape index (κ3) is 3.60. The smallest absolute Gasteiger partial charge is 0.311 e. The van der Waals surface area contributed by atoms with E-state index in [4.69, 9.17) is 5.11 Å². The van der Waals surface area contributed by atoms with Crippen LogP contribution in [0, 0.1) is 5.41 Å². The fraction of sp³-hybridized carbons (Fsp3) is 0.500. The molecule has 0 radical (unpaired) electrons. The van der Waals surface area contributed by atoms with Crippen LogP contribution in [-0.2, 0) is 19.6 Å². The molecule has 7 nitrogen and oxygen atoms in total. The number of amides is 1. The fourth-order valence-corrected chi connectivity index (χ4v) is 4.00. The average Bonchev–Trinajstić information content (AvgIpc) is 2.98. The van der Waals surface area contributed by atoms with E-state index in [1.807, 2.05) is 0 Å². The van der Waals surface area contributed by atoms with Crippen molar-refractivity contribution in [1.29, 1.82) is 0 Å². The molecule has 1 unspecified atom stereocenters. The van der Waals surface area contributed by atoms with Crippen molar-refractivity contribution in [3.8, 4) is 0 Å². The standard InChI is InChI=1S/C12H16N2O5S2/c1-8(14-21(18,19)9-3-2-6-20-9)10(15)13-7-12(4-5-12)11(16)17/h2-3,6,8,14H,4-5,7H2,1H3,(H,13,15)(H,16,17). The Bertz CT molecular complexity index is 635. The summed E-state index contributed by atoms with van der Waals surface area (Å²) in [5.41, 5.74) is -0.873. The molecule has 21 heavy (non-hydrogen) atoms. The molecular formula is C12H16N2O5S2. The zero-order valence-corrected chi connectivity index (χ0v) is 13.0. The van der Waals surface area contributed by atoms with Gasteiger partial charge in [-0.15, -0.1) is 11.3 Å². The number of hydrogen-bond acceptors (Lipinski definition) is 5. The Morgan fingerprint density at radius 3 is 2.62 bits per heavy atom. The van der Waals surface area contributed by atoms with Crippen molar-refractivity contribution < 1.29 is 23.1 Å². The second-order valence-corrected chi connectivity index (χ2v) is 7.97. The predicted octanol–water partition coefficient (Wildman–Crippen LogP) is 0.396. The molecule has 0 saturated heterocycles. The van der Waals surface area contributed by atoms with Gasteiger partial charge in [0.1, 0.15) is 4.21 Å². The van der Waals surface area contributed by atoms with Gasteiger partial charge in [-0.2, -0.15) is 4.72 Å². The van der Waals surface area contributed by atoms with Crippen LogP contribution in [0.25, 0.3) is 0 Å². The van der Waals surface area contributed by atoms with Gasteiger partial charge in [0.25, 0.3) is 10.0 Å². The summed E-state index contributed by atoms with van der Waals surface area (Å²) in [4.78, 5) is 22.8. The SMILES string of the molecule is CC(NS(=O)(=O)c1cccs1)C(=O)NCC1(C(=O)O)CC1. The van der Waals surface area contributed by atoms with Gasteiger partial charge in [0, 0.05) is 6.54 Å². The van der Waals surface area contributed by atoms with Gasteiger partial charge in [-0.1, -0.05) is 6.07 Å². The number of rotatable bonds is 7. The molecule has 116 valence electrons. The van der Waals surface area contributed by atoms with Crippen LogP contribution in [-0.4, -0.2) is 38.0 Å². The minimum atomic E-state index is -3.72. The highest BCUT2D eigenvalue weighted by atomic mass is 32.2. The predicted molar refractivity (Wildman–Crippen MR) is 76.4 cm³/mol. The third-order valence-electron chi connectivity index (χ3n) is 3.39. The number of carbonyl (C=O) groups excluding carboxylic acids is 1. The van der Waals surface area contributed by atoms with E-state index in [9.17, 15) is 18.0 Å². The summed E-state index contributed by atoms with van der Waals surface area (Å²) >= 11 is 1.06. The minimum absolute atomic E-state index is 0.0201. The van der Waals surface area contributed by atoms with Gasteiger partial charge < -0.3 is 10.4 Å². The van der Waals surface area contributed by atoms with E-state index in [1.165, 1.54) is 13.0 Å². The summed E-state index contributed by atoms with van der Waals surface area (Å²) in [6.45, 7) is 1.44. The lowest BCUT2D eigenvalue weighted by molar-refractivity contribution is -0.143. The first kappa shape index (κ1) is 15.9. The lowest BCUT2D eigenvalue weighted by Crippen LogP contribution is -2.46. The number of nitrogens with one attached hydrogen (secondary N) is 2. The van der Waals surface area contributed by atoms with Gasteiger partial charge in [0.05, 0.1) is 11.5 Å². The van der Waals surface area contributed by atoms with Crippen LogP contribution >= 0.6 is 11.3 Å². The Morgan fingerprint density at radius 1 is 1.48 bits per heavy atom. The van der Waals surface area contributed by atoms with Gasteiger partial charge in [-0.25, -0.2) is 8.42 Å². The van der Waals surface area contributed by atoms with E-state index < -0.39 is 33.4 Å². The maximum atomic E-state index is 12.0. The molecular weight excluding hydrogens is 316 g/mol. The molecule has 3 N–H and O–H groups in total. The molecule has 1 amide bonds. The maximum Gasteiger partial charge on any atom is 0.311 e. The Balaban J connectivity index is 1.90. The number of carboxylic acids is 1. The molecule has 1 heterocycles. The zero-order valence-electron chi connectivity index (χ0n) is 11.3. The summed E-state index contributed by atoms with van der Waals surface area (Å²) in [5, 5.41) is 13.1. The highest BCUT2D eigenvalue weighted by Gasteiger charge is 2.50. The molecule has 0 spiro atoms. The molecule has 1 atom stereocenters. The molecule has 1 aromatic heterocycles. The largest absolute Gasteiger partial charge is 0.481 e. The van der Waals surface area contributed by atoms with E-state index in [0.717, 1.165) is 11.3 Å². The van der Waals surface area contributed by atoms with Crippen molar-refractivity contribution in [3.05, 3.63) is 17.5 Å². The van der Waals surface area contributed by atoms with Gasteiger partial charge in [-0.3, -0.25) is 9.59 Å². The van der Waals surface area contributed by atoms with Crippen molar-refractivity contribution in [1.82, 2.24) is 10.0 Å². The van der Waals surface area contributed by atoms with Gasteiger partial charge >= 0.3 is 5.97 Å². The highest BCUT2D eigenvalue weighted by molar-refractivity contribution is 7.91. The number of aliphatic carboxylic acids is 1. The molecule has 9 heteroatoms. The van der Waals surface area contributed by atoms with E-state index in [2.05, 4.69) is 10.0 Å². The van der Waals surface area contributed by atoms with Crippen LogP contribution in [0.2, 0.25) is 0 Å². The molecule has 1 saturated carbocycles. The maximum absolute atomic E-state index is 12.0. The number of hydrogen-bond donors (Lipinski definition) is 3. The lowest BCUT2D eigenvalue weighted by Gasteiger charge is -2.16. The van der Waals surface area contributed by atoms with Gasteiger partial charge in [0.2, 0.25) is 5.91 Å². The zero-order chi connectivity index (χ0) is 15.7. The normalized spacial score (nSPS) is 18.0. The summed E-state index contributed by atoms with van der Waals surface area (Å²) in [5.74, 6) is -1.47. The first-order valence-electron chi connectivity index (χ1n) is 6.34. The Kier molecular flexibility index (Phi) is 4.35. The Morgan fingerprint density at radius 2 is 2.14 bits per heavy atom. The quantitative estimate of drug-likeness (QED) is 0.669. The van der Waals surface area contributed by atoms with Crippen molar-refractivity contribution in [2.45, 2.75) is 30.0 Å². The number of carbonyl (C=O) groups is 2. The first-order chi connectivity index (χ1) is 9.77. The van der Waals surface area contributed by atoms with E-state index in [1.54, 1.807) is 11.4 Å². The van der Waals surface area contributed by atoms with Crippen molar-refractivity contribution in [3.63, 3.8) is 0 Å². The monoisotopic (exact) mass is 332 g/mol. The second-order valence-electron chi connectivity index (χ2n) is 5.08. The van der Waals surface area contributed by atoms with E-state index >= 15 is 0 Å². The van der Waals surface area contributed by atoms with Crippen molar-refractivity contribution >= 4 is 33.2 Å². The molecule has 1 fully saturated rings. The van der Waals surface area contributed by atoms with Crippen LogP contribution < -0.4 is 10.0 Å². The Hall–Kier alpha value is -1.45. The topological polar surface area (TPSA) is 113 Å². The molecule has 0 bridgehead atoms. The van der Waals surface area contributed by atoms with E-state index in [0.29, 0.717) is 12.8 Å². The molecule has 1 aromatic rings. The van der Waals surface area contributed by atoms with Crippen molar-refractivity contribution in [2.75, 3.05) is 6.54 Å². The number of carboxylic acid groups (broad SMARTS) is 1. The fourth-order valence-electron chi connectivity index (χ4n) is 1.79. The lowest BCUT2D eigenvalue weighted by atomic mass is 10.1. The summed E-state index contributed by atoms with van der Waals surface area (Å²) in [6.07, 6.45) is 1.05. The number of sulfonamides is 1. The second kappa shape index (κ2) is 5.74. The minimum Gasteiger partial charge on any atom is -0.481 e. The van der Waals surface area contributed by atoms with Crippen LogP contribution in [0.1, 0.15) is 19.8 Å². The molecule has 1 aliphatic carbocycles. The van der Waals surface area contributed by atoms with Crippen LogP contribution in [0.4, 0.5) is 0 Å². The first-order valence-corrected chi connectivity index (χ1v) is 8.70. The van der Waals surface area contributed by atoms with Crippen LogP contribution in [0.3, 0.4) is 0 Å². The molecule has 0 aromatic carbocycles. The summed E-state index contributed by atoms with van der Waals surface area (Å²) < 4.78 is 26.3. The molecule has 0 aliphatic heterocycles. The molecule has 2 rings (SSSR count).